The van der Waals surface area contributed by atoms with Gasteiger partial charge in [0.15, 0.2) is 5.17 Å². The molecule has 1 N–H and O–H groups in total. The van der Waals surface area contributed by atoms with Crippen LogP contribution in [0.4, 0.5) is 0 Å². The number of hydrogen-bond acceptors (Lipinski definition) is 2. The van der Waals surface area contributed by atoms with Crippen LogP contribution < -0.4 is 5.32 Å². The number of rotatable bonds is 2. The highest BCUT2D eigenvalue weighted by Crippen LogP contribution is 2.44. The van der Waals surface area contributed by atoms with Gasteiger partial charge in [-0.3, -0.25) is 4.99 Å². The summed E-state index contributed by atoms with van der Waals surface area (Å²) in [5, 5.41) is 4.70. The van der Waals surface area contributed by atoms with Crippen molar-refractivity contribution in [1.82, 2.24) is 5.32 Å². The van der Waals surface area contributed by atoms with Crippen molar-refractivity contribution in [3.05, 3.63) is 35.9 Å². The van der Waals surface area contributed by atoms with E-state index >= 15 is 0 Å². The van der Waals surface area contributed by atoms with E-state index in [9.17, 15) is 0 Å². The Morgan fingerprint density at radius 1 is 1.28 bits per heavy atom. The number of hydrogen-bond donors (Lipinski definition) is 1. The van der Waals surface area contributed by atoms with Crippen LogP contribution >= 0.6 is 11.8 Å². The van der Waals surface area contributed by atoms with E-state index in [0.29, 0.717) is 12.0 Å². The van der Waals surface area contributed by atoms with Gasteiger partial charge in [0.25, 0.3) is 0 Å². The molecule has 2 unspecified atom stereocenters. The number of aliphatic imine (C=N–C) groups is 1. The molecule has 18 heavy (non-hydrogen) atoms. The summed E-state index contributed by atoms with van der Waals surface area (Å²) in [5.74, 6) is 1.83. The summed E-state index contributed by atoms with van der Waals surface area (Å²) in [4.78, 5) is 4.87. The molecule has 1 saturated heterocycles. The SMILES string of the molecule is CC1(C)CCSC(=NC2CC2c2ccccc2)N1. The van der Waals surface area contributed by atoms with Gasteiger partial charge in [-0.15, -0.1) is 0 Å². The van der Waals surface area contributed by atoms with Crippen LogP contribution in [0.25, 0.3) is 0 Å². The Morgan fingerprint density at radius 2 is 2.06 bits per heavy atom. The van der Waals surface area contributed by atoms with Crippen LogP contribution in [0.5, 0.6) is 0 Å². The van der Waals surface area contributed by atoms with Crippen LogP contribution in [-0.4, -0.2) is 22.5 Å². The fourth-order valence-electron chi connectivity index (χ4n) is 2.39. The van der Waals surface area contributed by atoms with Gasteiger partial charge in [-0.1, -0.05) is 42.1 Å². The summed E-state index contributed by atoms with van der Waals surface area (Å²) in [6.07, 6.45) is 2.42. The Hall–Kier alpha value is -0.960. The average molecular weight is 260 g/mol. The third kappa shape index (κ3) is 2.72. The van der Waals surface area contributed by atoms with Crippen LogP contribution in [0, 0.1) is 0 Å². The van der Waals surface area contributed by atoms with E-state index in [1.54, 1.807) is 0 Å². The normalized spacial score (nSPS) is 32.0. The first-order valence-corrected chi connectivity index (χ1v) is 7.66. The Balaban J connectivity index is 1.65. The molecule has 1 saturated carbocycles. The zero-order chi connectivity index (χ0) is 12.6. The minimum atomic E-state index is 0.210. The molecule has 2 atom stereocenters. The predicted octanol–water partition coefficient (Wildman–Crippen LogP) is 3.40. The fourth-order valence-corrected chi connectivity index (χ4v) is 3.76. The third-order valence-corrected chi connectivity index (χ3v) is 4.57. The lowest BCUT2D eigenvalue weighted by Crippen LogP contribution is -2.46. The second-order valence-corrected chi connectivity index (χ2v) is 6.95. The third-order valence-electron chi connectivity index (χ3n) is 3.68. The van der Waals surface area contributed by atoms with E-state index in [0.717, 1.165) is 5.17 Å². The smallest absolute Gasteiger partial charge is 0.157 e. The zero-order valence-electron chi connectivity index (χ0n) is 11.0. The molecule has 3 rings (SSSR count). The van der Waals surface area contributed by atoms with Crippen molar-refractivity contribution in [2.45, 2.75) is 44.2 Å². The molecular weight excluding hydrogens is 240 g/mol. The monoisotopic (exact) mass is 260 g/mol. The number of nitrogens with one attached hydrogen (secondary N) is 1. The summed E-state index contributed by atoms with van der Waals surface area (Å²) >= 11 is 1.87. The first-order valence-electron chi connectivity index (χ1n) is 6.68. The highest BCUT2D eigenvalue weighted by atomic mass is 32.2. The highest BCUT2D eigenvalue weighted by molar-refractivity contribution is 8.13. The number of nitrogens with zero attached hydrogens (tertiary/aromatic N) is 1. The van der Waals surface area contributed by atoms with E-state index in [1.165, 1.54) is 24.2 Å². The molecule has 2 fully saturated rings. The summed E-state index contributed by atoms with van der Waals surface area (Å²) in [6.45, 7) is 4.51. The molecule has 0 radical (unpaired) electrons. The predicted molar refractivity (Wildman–Crippen MR) is 79.3 cm³/mol. The van der Waals surface area contributed by atoms with E-state index < -0.39 is 0 Å². The average Bonchev–Trinajstić information content (AvgIpc) is 3.08. The molecule has 96 valence electrons. The van der Waals surface area contributed by atoms with Gasteiger partial charge in [0, 0.05) is 17.2 Å². The first-order chi connectivity index (χ1) is 8.64. The van der Waals surface area contributed by atoms with Crippen molar-refractivity contribution >= 4 is 16.9 Å². The summed E-state index contributed by atoms with van der Waals surface area (Å²) < 4.78 is 0. The van der Waals surface area contributed by atoms with Crippen molar-refractivity contribution in [2.75, 3.05) is 5.75 Å². The van der Waals surface area contributed by atoms with Crippen molar-refractivity contribution in [2.24, 2.45) is 4.99 Å². The largest absolute Gasteiger partial charge is 0.360 e. The summed E-state index contributed by atoms with van der Waals surface area (Å²) in [5.41, 5.74) is 1.65. The molecule has 1 aliphatic carbocycles. The van der Waals surface area contributed by atoms with Crippen LogP contribution in [0.15, 0.2) is 35.3 Å². The molecular formula is C15H20N2S. The molecule has 0 aromatic heterocycles. The lowest BCUT2D eigenvalue weighted by atomic mass is 10.0. The van der Waals surface area contributed by atoms with Gasteiger partial charge >= 0.3 is 0 Å². The van der Waals surface area contributed by atoms with Gasteiger partial charge in [-0.25, -0.2) is 0 Å². The van der Waals surface area contributed by atoms with Crippen LogP contribution in [0.1, 0.15) is 38.2 Å². The van der Waals surface area contributed by atoms with Gasteiger partial charge in [0.2, 0.25) is 0 Å². The quantitative estimate of drug-likeness (QED) is 0.881. The Morgan fingerprint density at radius 3 is 2.78 bits per heavy atom. The Kier molecular flexibility index (Phi) is 3.10. The van der Waals surface area contributed by atoms with Crippen molar-refractivity contribution in [3.8, 4) is 0 Å². The maximum Gasteiger partial charge on any atom is 0.157 e. The zero-order valence-corrected chi connectivity index (χ0v) is 11.8. The Bertz CT molecular complexity index is 453. The summed E-state index contributed by atoms with van der Waals surface area (Å²) in [6, 6.07) is 11.3. The second-order valence-electron chi connectivity index (χ2n) is 5.86. The molecule has 3 heteroatoms. The molecule has 0 amide bonds. The van der Waals surface area contributed by atoms with Gasteiger partial charge < -0.3 is 5.32 Å². The van der Waals surface area contributed by atoms with Crippen molar-refractivity contribution < 1.29 is 0 Å². The molecule has 1 heterocycles. The van der Waals surface area contributed by atoms with Crippen LogP contribution in [0.2, 0.25) is 0 Å². The minimum Gasteiger partial charge on any atom is -0.360 e. The van der Waals surface area contributed by atoms with E-state index in [4.69, 9.17) is 4.99 Å². The highest BCUT2D eigenvalue weighted by Gasteiger charge is 2.39. The molecule has 0 spiro atoms. The molecule has 1 aromatic rings. The van der Waals surface area contributed by atoms with E-state index in [2.05, 4.69) is 49.5 Å². The molecule has 2 nitrogen and oxygen atoms in total. The number of thioether (sulfide) groups is 1. The summed E-state index contributed by atoms with van der Waals surface area (Å²) in [7, 11) is 0. The van der Waals surface area contributed by atoms with Crippen LogP contribution in [-0.2, 0) is 0 Å². The topological polar surface area (TPSA) is 24.4 Å². The molecule has 0 bridgehead atoms. The molecule has 2 aliphatic rings. The van der Waals surface area contributed by atoms with Crippen molar-refractivity contribution in [1.29, 1.82) is 0 Å². The maximum atomic E-state index is 4.87. The Labute approximate surface area is 113 Å². The van der Waals surface area contributed by atoms with Gasteiger partial charge in [-0.05, 0) is 32.3 Å². The van der Waals surface area contributed by atoms with E-state index in [1.807, 2.05) is 11.8 Å². The fraction of sp³-hybridized carbons (Fsp3) is 0.533. The van der Waals surface area contributed by atoms with Gasteiger partial charge in [0.05, 0.1) is 6.04 Å². The van der Waals surface area contributed by atoms with E-state index in [-0.39, 0.29) is 5.54 Å². The lowest BCUT2D eigenvalue weighted by molar-refractivity contribution is 0.446. The minimum absolute atomic E-state index is 0.210. The molecule has 1 aliphatic heterocycles. The number of amidine groups is 1. The van der Waals surface area contributed by atoms with Crippen molar-refractivity contribution in [3.63, 3.8) is 0 Å². The number of benzene rings is 1. The lowest BCUT2D eigenvalue weighted by Gasteiger charge is -2.32. The second kappa shape index (κ2) is 4.61. The molecule has 1 aromatic carbocycles. The van der Waals surface area contributed by atoms with Gasteiger partial charge in [-0.2, -0.15) is 0 Å². The van der Waals surface area contributed by atoms with Gasteiger partial charge in [0.1, 0.15) is 0 Å². The van der Waals surface area contributed by atoms with Crippen LogP contribution in [0.3, 0.4) is 0 Å². The standard InChI is InChI=1S/C15H20N2S/c1-15(2)8-9-18-14(17-15)16-13-10-12(13)11-6-4-3-5-7-11/h3-7,12-13H,8-10H2,1-2H3,(H,16,17). The first kappa shape index (κ1) is 12.1. The maximum absolute atomic E-state index is 4.87.